The molecule has 0 saturated heterocycles. The van der Waals surface area contributed by atoms with Gasteiger partial charge in [0.2, 0.25) is 10.0 Å². The van der Waals surface area contributed by atoms with Crippen molar-refractivity contribution in [1.29, 1.82) is 0 Å². The molecule has 2 heterocycles. The lowest BCUT2D eigenvalue weighted by molar-refractivity contribution is 0.414. The van der Waals surface area contributed by atoms with Crippen LogP contribution in [0.15, 0.2) is 48.8 Å². The van der Waals surface area contributed by atoms with Crippen molar-refractivity contribution in [1.82, 2.24) is 19.5 Å². The van der Waals surface area contributed by atoms with Crippen LogP contribution in [0.5, 0.6) is 5.75 Å². The first-order valence-corrected chi connectivity index (χ1v) is 12.3. The summed E-state index contributed by atoms with van der Waals surface area (Å²) in [7, 11) is -1.75. The fourth-order valence-corrected chi connectivity index (χ4v) is 5.07. The number of fused-ring (bicyclic) bond motifs is 1. The van der Waals surface area contributed by atoms with E-state index in [-0.39, 0.29) is 5.75 Å². The average molecular weight is 441 g/mol. The van der Waals surface area contributed by atoms with Gasteiger partial charge in [-0.15, -0.1) is 0 Å². The Morgan fingerprint density at radius 3 is 2.55 bits per heavy atom. The summed E-state index contributed by atoms with van der Waals surface area (Å²) in [6, 6.07) is 11.4. The SMILES string of the molecule is COc1ccc(CCS(=O)(=O)NCCn2nc(-c3ccncc3)c3c2CCCC3)cc1. The number of hydrogen-bond donors (Lipinski definition) is 1. The molecule has 1 N–H and O–H groups in total. The van der Waals surface area contributed by atoms with E-state index in [1.54, 1.807) is 19.5 Å². The van der Waals surface area contributed by atoms with E-state index in [1.807, 2.05) is 41.1 Å². The minimum Gasteiger partial charge on any atom is -0.497 e. The first kappa shape index (κ1) is 21.5. The second-order valence-electron chi connectivity index (χ2n) is 7.75. The molecule has 3 aromatic rings. The molecule has 0 amide bonds. The second kappa shape index (κ2) is 9.62. The van der Waals surface area contributed by atoms with Crippen LogP contribution in [0.3, 0.4) is 0 Å². The minimum absolute atomic E-state index is 0.0544. The van der Waals surface area contributed by atoms with Gasteiger partial charge >= 0.3 is 0 Å². The highest BCUT2D eigenvalue weighted by Gasteiger charge is 2.22. The van der Waals surface area contributed by atoms with Crippen LogP contribution in [0.4, 0.5) is 0 Å². The van der Waals surface area contributed by atoms with Crippen molar-refractivity contribution in [2.24, 2.45) is 0 Å². The third kappa shape index (κ3) is 5.32. The second-order valence-corrected chi connectivity index (χ2v) is 9.68. The van der Waals surface area contributed by atoms with E-state index in [1.165, 1.54) is 11.3 Å². The summed E-state index contributed by atoms with van der Waals surface area (Å²) in [6.07, 6.45) is 8.32. The van der Waals surface area contributed by atoms with Gasteiger partial charge < -0.3 is 4.74 Å². The molecule has 1 aromatic carbocycles. The molecule has 0 aliphatic heterocycles. The maximum absolute atomic E-state index is 12.5. The number of sulfonamides is 1. The molecule has 7 nitrogen and oxygen atoms in total. The van der Waals surface area contributed by atoms with Gasteiger partial charge in [-0.3, -0.25) is 9.67 Å². The molecular weight excluding hydrogens is 412 g/mol. The molecule has 31 heavy (non-hydrogen) atoms. The predicted molar refractivity (Wildman–Crippen MR) is 121 cm³/mol. The summed E-state index contributed by atoms with van der Waals surface area (Å²) in [4.78, 5) is 4.10. The molecule has 0 radical (unpaired) electrons. The Balaban J connectivity index is 1.38. The molecule has 0 unspecified atom stereocenters. The van der Waals surface area contributed by atoms with Crippen molar-refractivity contribution >= 4 is 10.0 Å². The molecule has 1 aliphatic carbocycles. The van der Waals surface area contributed by atoms with E-state index in [4.69, 9.17) is 9.84 Å². The van der Waals surface area contributed by atoms with E-state index in [0.29, 0.717) is 19.5 Å². The van der Waals surface area contributed by atoms with Crippen molar-refractivity contribution in [3.8, 4) is 17.0 Å². The van der Waals surface area contributed by atoms with Crippen molar-refractivity contribution in [2.45, 2.75) is 38.6 Å². The Morgan fingerprint density at radius 1 is 1.06 bits per heavy atom. The van der Waals surface area contributed by atoms with Gasteiger partial charge in [0.25, 0.3) is 0 Å². The quantitative estimate of drug-likeness (QED) is 0.553. The zero-order valence-electron chi connectivity index (χ0n) is 17.8. The van der Waals surface area contributed by atoms with Crippen molar-refractivity contribution in [2.75, 3.05) is 19.4 Å². The summed E-state index contributed by atoms with van der Waals surface area (Å²) in [6.45, 7) is 0.851. The summed E-state index contributed by atoms with van der Waals surface area (Å²) in [5, 5.41) is 4.83. The van der Waals surface area contributed by atoms with Gasteiger partial charge in [0.1, 0.15) is 5.75 Å². The van der Waals surface area contributed by atoms with Crippen LogP contribution in [-0.2, 0) is 35.8 Å². The first-order chi connectivity index (χ1) is 15.1. The van der Waals surface area contributed by atoms with Crippen LogP contribution in [0.25, 0.3) is 11.3 Å². The third-order valence-corrected chi connectivity index (χ3v) is 7.06. The highest BCUT2D eigenvalue weighted by molar-refractivity contribution is 7.89. The lowest BCUT2D eigenvalue weighted by Crippen LogP contribution is -2.31. The Kier molecular flexibility index (Phi) is 6.67. The Bertz CT molecular complexity index is 1110. The largest absolute Gasteiger partial charge is 0.497 e. The number of aryl methyl sites for hydroxylation is 1. The number of nitrogens with zero attached hydrogens (tertiary/aromatic N) is 3. The molecule has 0 saturated carbocycles. The smallest absolute Gasteiger partial charge is 0.211 e. The Labute approximate surface area is 183 Å². The fraction of sp³-hybridized carbons (Fsp3) is 0.391. The van der Waals surface area contributed by atoms with E-state index in [9.17, 15) is 8.42 Å². The summed E-state index contributed by atoms with van der Waals surface area (Å²) in [5.74, 6) is 0.817. The number of rotatable bonds is 9. The van der Waals surface area contributed by atoms with Crippen molar-refractivity contribution in [3.63, 3.8) is 0 Å². The van der Waals surface area contributed by atoms with Crippen LogP contribution in [-0.4, -0.2) is 42.6 Å². The van der Waals surface area contributed by atoms with Gasteiger partial charge in [-0.25, -0.2) is 13.1 Å². The molecule has 0 bridgehead atoms. The fourth-order valence-electron chi connectivity index (χ4n) is 4.02. The van der Waals surface area contributed by atoms with Crippen LogP contribution < -0.4 is 9.46 Å². The summed E-state index contributed by atoms with van der Waals surface area (Å²) in [5.41, 5.74) is 5.55. The van der Waals surface area contributed by atoms with E-state index in [0.717, 1.165) is 48.3 Å². The average Bonchev–Trinajstić information content (AvgIpc) is 3.17. The number of hydrogen-bond acceptors (Lipinski definition) is 5. The van der Waals surface area contributed by atoms with Crippen LogP contribution in [0, 0.1) is 0 Å². The summed E-state index contributed by atoms with van der Waals surface area (Å²) < 4.78 is 34.8. The first-order valence-electron chi connectivity index (χ1n) is 10.6. The van der Waals surface area contributed by atoms with Gasteiger partial charge in [-0.1, -0.05) is 12.1 Å². The van der Waals surface area contributed by atoms with Gasteiger partial charge in [-0.2, -0.15) is 5.10 Å². The van der Waals surface area contributed by atoms with Crippen LogP contribution in [0.2, 0.25) is 0 Å². The number of methoxy groups -OCH3 is 1. The zero-order valence-corrected chi connectivity index (χ0v) is 18.6. The maximum atomic E-state index is 12.5. The van der Waals surface area contributed by atoms with Gasteiger partial charge in [0.05, 0.1) is 25.1 Å². The monoisotopic (exact) mass is 440 g/mol. The normalized spacial score (nSPS) is 13.7. The van der Waals surface area contributed by atoms with Gasteiger partial charge in [0.15, 0.2) is 0 Å². The molecule has 0 atom stereocenters. The molecule has 2 aromatic heterocycles. The molecule has 8 heteroatoms. The van der Waals surface area contributed by atoms with Crippen LogP contribution >= 0.6 is 0 Å². The van der Waals surface area contributed by atoms with Crippen molar-refractivity contribution in [3.05, 3.63) is 65.6 Å². The van der Waals surface area contributed by atoms with Crippen molar-refractivity contribution < 1.29 is 13.2 Å². The molecule has 0 spiro atoms. The molecule has 0 fully saturated rings. The number of benzene rings is 1. The Hall–Kier alpha value is -2.71. The number of ether oxygens (including phenoxy) is 1. The van der Waals surface area contributed by atoms with Gasteiger partial charge in [-0.05, 0) is 61.9 Å². The van der Waals surface area contributed by atoms with E-state index in [2.05, 4.69) is 9.71 Å². The van der Waals surface area contributed by atoms with E-state index >= 15 is 0 Å². The maximum Gasteiger partial charge on any atom is 0.211 e. The third-order valence-electron chi connectivity index (χ3n) is 5.67. The molecule has 164 valence electrons. The molecular formula is C23H28N4O3S. The standard InChI is InChI=1S/C23H28N4O3S/c1-30-20-8-6-18(7-9-20)12-17-31(28,29)25-15-16-27-22-5-3-2-4-21(22)23(26-27)19-10-13-24-14-11-19/h6-11,13-14,25H,2-5,12,15-17H2,1H3. The predicted octanol–water partition coefficient (Wildman–Crippen LogP) is 2.99. The topological polar surface area (TPSA) is 86.1 Å². The zero-order chi connectivity index (χ0) is 21.7. The highest BCUT2D eigenvalue weighted by Crippen LogP contribution is 2.30. The van der Waals surface area contributed by atoms with E-state index < -0.39 is 10.0 Å². The highest BCUT2D eigenvalue weighted by atomic mass is 32.2. The number of pyridine rings is 1. The van der Waals surface area contributed by atoms with Gasteiger partial charge in [0, 0.05) is 35.8 Å². The van der Waals surface area contributed by atoms with Crippen LogP contribution in [0.1, 0.15) is 29.7 Å². The summed E-state index contributed by atoms with van der Waals surface area (Å²) >= 11 is 0. The number of nitrogens with one attached hydrogen (secondary N) is 1. The Morgan fingerprint density at radius 2 is 1.81 bits per heavy atom. The number of aromatic nitrogens is 3. The lowest BCUT2D eigenvalue weighted by atomic mass is 9.94. The molecule has 4 rings (SSSR count). The lowest BCUT2D eigenvalue weighted by Gasteiger charge is -2.14. The minimum atomic E-state index is -3.36. The molecule has 1 aliphatic rings.